The van der Waals surface area contributed by atoms with Gasteiger partial charge in [0, 0.05) is 11.1 Å². The molecule has 0 bridgehead atoms. The Bertz CT molecular complexity index is 540. The fourth-order valence-corrected chi connectivity index (χ4v) is 2.46. The van der Waals surface area contributed by atoms with Crippen molar-refractivity contribution in [1.82, 2.24) is 5.43 Å². The highest BCUT2D eigenvalue weighted by Crippen LogP contribution is 2.22. The molecule has 0 saturated heterocycles. The number of nitrogens with one attached hydrogen (secondary N) is 1. The predicted molar refractivity (Wildman–Crippen MR) is 81.0 cm³/mol. The van der Waals surface area contributed by atoms with Gasteiger partial charge in [0.05, 0.1) is 0 Å². The fourth-order valence-electron chi connectivity index (χ4n) is 2.26. The van der Waals surface area contributed by atoms with Crippen LogP contribution in [0.25, 0.3) is 0 Å². The van der Waals surface area contributed by atoms with E-state index >= 15 is 0 Å². The lowest BCUT2D eigenvalue weighted by atomic mass is 9.97. The summed E-state index contributed by atoms with van der Waals surface area (Å²) in [5.41, 5.74) is 6.69. The number of hydrogen-bond donors (Lipinski definition) is 2. The lowest BCUT2D eigenvalue weighted by Gasteiger charge is -2.17. The van der Waals surface area contributed by atoms with Crippen molar-refractivity contribution in [3.8, 4) is 0 Å². The zero-order chi connectivity index (χ0) is 13.7. The Kier molecular flexibility index (Phi) is 4.97. The van der Waals surface area contributed by atoms with E-state index in [0.717, 1.165) is 23.4 Å². The Labute approximate surface area is 119 Å². The van der Waals surface area contributed by atoms with Gasteiger partial charge < -0.3 is 0 Å². The minimum atomic E-state index is 0.123. The normalized spacial score (nSPS) is 12.4. The summed E-state index contributed by atoms with van der Waals surface area (Å²) < 4.78 is 0. The van der Waals surface area contributed by atoms with E-state index in [9.17, 15) is 0 Å². The molecule has 1 unspecified atom stereocenters. The van der Waals surface area contributed by atoms with Gasteiger partial charge in [0.2, 0.25) is 0 Å². The summed E-state index contributed by atoms with van der Waals surface area (Å²) in [6.45, 7) is 2.14. The predicted octanol–water partition coefficient (Wildman–Crippen LogP) is 3.79. The SMILES string of the molecule is Cc1ccccc1CCC(NN)c1cccc(Cl)c1. The van der Waals surface area contributed by atoms with E-state index in [2.05, 4.69) is 36.6 Å². The van der Waals surface area contributed by atoms with Gasteiger partial charge in [0.15, 0.2) is 0 Å². The van der Waals surface area contributed by atoms with Crippen LogP contribution in [0.15, 0.2) is 48.5 Å². The number of rotatable bonds is 5. The van der Waals surface area contributed by atoms with Gasteiger partial charge in [0.25, 0.3) is 0 Å². The summed E-state index contributed by atoms with van der Waals surface area (Å²) >= 11 is 6.02. The summed E-state index contributed by atoms with van der Waals surface area (Å²) in [5, 5.41) is 0.744. The lowest BCUT2D eigenvalue weighted by Crippen LogP contribution is -2.28. The van der Waals surface area contributed by atoms with Crippen molar-refractivity contribution >= 4 is 11.6 Å². The van der Waals surface area contributed by atoms with E-state index in [0.29, 0.717) is 0 Å². The number of benzene rings is 2. The number of hydrazine groups is 1. The molecule has 3 heteroatoms. The van der Waals surface area contributed by atoms with Crippen molar-refractivity contribution in [3.05, 3.63) is 70.2 Å². The van der Waals surface area contributed by atoms with Crippen LogP contribution in [0.1, 0.15) is 29.2 Å². The van der Waals surface area contributed by atoms with Gasteiger partial charge in [-0.2, -0.15) is 0 Å². The maximum atomic E-state index is 6.02. The molecule has 0 aromatic heterocycles. The Morgan fingerprint density at radius 3 is 2.63 bits per heavy atom. The zero-order valence-corrected chi connectivity index (χ0v) is 11.8. The number of nitrogens with two attached hydrogens (primary N) is 1. The molecule has 0 heterocycles. The highest BCUT2D eigenvalue weighted by Gasteiger charge is 2.10. The Balaban J connectivity index is 2.06. The van der Waals surface area contributed by atoms with Crippen LogP contribution < -0.4 is 11.3 Å². The maximum absolute atomic E-state index is 6.02. The maximum Gasteiger partial charge on any atom is 0.0463 e. The second kappa shape index (κ2) is 6.71. The number of hydrogen-bond acceptors (Lipinski definition) is 2. The smallest absolute Gasteiger partial charge is 0.0463 e. The molecule has 0 saturated carbocycles. The molecule has 0 radical (unpaired) electrons. The van der Waals surface area contributed by atoms with E-state index in [4.69, 9.17) is 17.4 Å². The topological polar surface area (TPSA) is 38.0 Å². The van der Waals surface area contributed by atoms with Crippen LogP contribution in [-0.4, -0.2) is 0 Å². The van der Waals surface area contributed by atoms with Gasteiger partial charge in [-0.05, 0) is 48.6 Å². The minimum Gasteiger partial charge on any atom is -0.271 e. The van der Waals surface area contributed by atoms with E-state index in [1.807, 2.05) is 24.3 Å². The number of aryl methyl sites for hydroxylation is 2. The third-order valence-corrected chi connectivity index (χ3v) is 3.65. The Morgan fingerprint density at radius 2 is 1.95 bits per heavy atom. The average molecular weight is 275 g/mol. The summed E-state index contributed by atoms with van der Waals surface area (Å²) in [4.78, 5) is 0. The van der Waals surface area contributed by atoms with Crippen LogP contribution >= 0.6 is 11.6 Å². The quantitative estimate of drug-likeness (QED) is 0.643. The largest absolute Gasteiger partial charge is 0.271 e. The molecule has 2 rings (SSSR count). The summed E-state index contributed by atoms with van der Waals surface area (Å²) in [5.74, 6) is 5.66. The van der Waals surface area contributed by atoms with Gasteiger partial charge in [-0.1, -0.05) is 48.0 Å². The highest BCUT2D eigenvalue weighted by atomic mass is 35.5. The molecular formula is C16H19ClN2. The molecule has 19 heavy (non-hydrogen) atoms. The van der Waals surface area contributed by atoms with Crippen molar-refractivity contribution in [1.29, 1.82) is 0 Å². The van der Waals surface area contributed by atoms with Gasteiger partial charge >= 0.3 is 0 Å². The molecular weight excluding hydrogens is 256 g/mol. The van der Waals surface area contributed by atoms with Crippen molar-refractivity contribution in [2.45, 2.75) is 25.8 Å². The first kappa shape index (κ1) is 14.1. The van der Waals surface area contributed by atoms with Gasteiger partial charge in [0.1, 0.15) is 0 Å². The third-order valence-electron chi connectivity index (χ3n) is 3.42. The average Bonchev–Trinajstić information content (AvgIpc) is 2.41. The van der Waals surface area contributed by atoms with Crippen molar-refractivity contribution in [2.75, 3.05) is 0 Å². The minimum absolute atomic E-state index is 0.123. The number of halogens is 1. The van der Waals surface area contributed by atoms with Gasteiger partial charge in [-0.15, -0.1) is 0 Å². The molecule has 0 amide bonds. The first-order chi connectivity index (χ1) is 9.20. The monoisotopic (exact) mass is 274 g/mol. The molecule has 100 valence electrons. The molecule has 2 aromatic rings. The summed E-state index contributed by atoms with van der Waals surface area (Å²) in [6, 6.07) is 16.4. The second-order valence-corrected chi connectivity index (χ2v) is 5.18. The van der Waals surface area contributed by atoms with Crippen LogP contribution in [0.4, 0.5) is 0 Å². The Hall–Kier alpha value is -1.35. The van der Waals surface area contributed by atoms with Crippen LogP contribution in [-0.2, 0) is 6.42 Å². The first-order valence-electron chi connectivity index (χ1n) is 6.47. The molecule has 2 aromatic carbocycles. The van der Waals surface area contributed by atoms with Gasteiger partial charge in [-0.3, -0.25) is 11.3 Å². The van der Waals surface area contributed by atoms with E-state index < -0.39 is 0 Å². The molecule has 2 nitrogen and oxygen atoms in total. The second-order valence-electron chi connectivity index (χ2n) is 4.74. The first-order valence-corrected chi connectivity index (χ1v) is 6.84. The highest BCUT2D eigenvalue weighted by molar-refractivity contribution is 6.30. The Morgan fingerprint density at radius 1 is 1.16 bits per heavy atom. The van der Waals surface area contributed by atoms with Crippen LogP contribution in [0, 0.1) is 6.92 Å². The molecule has 1 atom stereocenters. The summed E-state index contributed by atoms with van der Waals surface area (Å²) in [7, 11) is 0. The van der Waals surface area contributed by atoms with Crippen LogP contribution in [0.5, 0.6) is 0 Å². The molecule has 3 N–H and O–H groups in total. The molecule has 0 fully saturated rings. The third kappa shape index (κ3) is 3.80. The standard InChI is InChI=1S/C16H19ClN2/c1-12-5-2-3-6-13(12)9-10-16(19-18)14-7-4-8-15(17)11-14/h2-8,11,16,19H,9-10,18H2,1H3. The molecule has 0 aliphatic carbocycles. The fraction of sp³-hybridized carbons (Fsp3) is 0.250. The van der Waals surface area contributed by atoms with Crippen LogP contribution in [0.3, 0.4) is 0 Å². The van der Waals surface area contributed by atoms with Crippen LogP contribution in [0.2, 0.25) is 5.02 Å². The van der Waals surface area contributed by atoms with Gasteiger partial charge in [-0.25, -0.2) is 0 Å². The van der Waals surface area contributed by atoms with E-state index in [1.54, 1.807) is 0 Å². The van der Waals surface area contributed by atoms with Crippen molar-refractivity contribution < 1.29 is 0 Å². The lowest BCUT2D eigenvalue weighted by molar-refractivity contribution is 0.516. The molecule has 0 aliphatic rings. The molecule has 0 aliphatic heterocycles. The zero-order valence-electron chi connectivity index (χ0n) is 11.1. The van der Waals surface area contributed by atoms with E-state index in [-0.39, 0.29) is 6.04 Å². The van der Waals surface area contributed by atoms with Crippen molar-refractivity contribution in [2.24, 2.45) is 5.84 Å². The molecule has 0 spiro atoms. The van der Waals surface area contributed by atoms with Crippen molar-refractivity contribution in [3.63, 3.8) is 0 Å². The van der Waals surface area contributed by atoms with E-state index in [1.165, 1.54) is 11.1 Å². The summed E-state index contributed by atoms with van der Waals surface area (Å²) in [6.07, 6.45) is 1.94.